The molecular weight excluding hydrogens is 1120 g/mol. The Bertz CT molecular complexity index is 1970. The molecule has 2 unspecified atom stereocenters. The standard InChI is InChI=1S/C19H20BrClFIN2O3.C18H18BrClFIN2O3/c1-10(2)5-12(26)9-28-25-19(27)13-7-14(20)16(22)8-18(13)24-17-4-3-11(23)6-15(17)21;1-9(2)17(25)8-27-24-18(26)11-6-12(19)14(21)7-16(11)23-15-4-3-10(22)5-13(15)20/h3-4,6-8,10,12,24,26H,5,9H2,1-2H3,(H,25,27);3-7,9,17,23,25H,8H2,1-2H3,(H,24,26). The number of halogens is 8. The van der Waals surface area contributed by atoms with E-state index in [1.165, 1.54) is 24.3 Å². The molecule has 0 radical (unpaired) electrons. The number of rotatable bonds is 15. The maximum absolute atomic E-state index is 14.1. The molecule has 0 spiro atoms. The predicted molar refractivity (Wildman–Crippen MR) is 236 cm³/mol. The molecule has 0 bridgehead atoms. The fourth-order valence-electron chi connectivity index (χ4n) is 4.46. The molecule has 2 amide bonds. The Morgan fingerprint density at radius 1 is 0.709 bits per heavy atom. The summed E-state index contributed by atoms with van der Waals surface area (Å²) in [5.41, 5.74) is 6.37. The quantitative estimate of drug-likeness (QED) is 0.0511. The van der Waals surface area contributed by atoms with Gasteiger partial charge in [-0.15, -0.1) is 0 Å². The smallest absolute Gasteiger partial charge is 0.276 e. The van der Waals surface area contributed by atoms with Gasteiger partial charge in [-0.2, -0.15) is 0 Å². The number of hydrogen-bond donors (Lipinski definition) is 6. The average Bonchev–Trinajstić information content (AvgIpc) is 3.09. The summed E-state index contributed by atoms with van der Waals surface area (Å²) in [5, 5.41) is 26.4. The third kappa shape index (κ3) is 15.4. The van der Waals surface area contributed by atoms with Gasteiger partial charge in [0.05, 0.1) is 65.1 Å². The first-order chi connectivity index (χ1) is 25.9. The second-order valence-corrected chi connectivity index (χ2v) is 17.7. The van der Waals surface area contributed by atoms with Gasteiger partial charge >= 0.3 is 0 Å². The maximum atomic E-state index is 14.1. The molecule has 0 aliphatic rings. The number of carbonyl (C=O) groups is 2. The third-order valence-electron chi connectivity index (χ3n) is 7.38. The first-order valence-corrected chi connectivity index (χ1v) is 21.0. The topological polar surface area (TPSA) is 141 Å². The number of carbonyl (C=O) groups excluding carboxylic acids is 2. The van der Waals surface area contributed by atoms with Crippen molar-refractivity contribution in [3.05, 3.63) is 110 Å². The SMILES string of the molecule is CC(C)C(O)CONC(=O)c1cc(Br)c(F)cc1Nc1ccc(I)cc1Cl.CC(C)CC(O)CONC(=O)c1cc(Br)c(F)cc1Nc1ccc(I)cc1Cl. The summed E-state index contributed by atoms with van der Waals surface area (Å²) < 4.78 is 30.2. The first kappa shape index (κ1) is 47.5. The van der Waals surface area contributed by atoms with Gasteiger partial charge in [-0.1, -0.05) is 50.9 Å². The van der Waals surface area contributed by atoms with E-state index in [-0.39, 0.29) is 50.6 Å². The van der Waals surface area contributed by atoms with Crippen LogP contribution in [0.25, 0.3) is 0 Å². The van der Waals surface area contributed by atoms with Gasteiger partial charge in [-0.05, 0) is 156 Å². The van der Waals surface area contributed by atoms with Gasteiger partial charge in [0.15, 0.2) is 0 Å². The van der Waals surface area contributed by atoms with Crippen LogP contribution >= 0.6 is 100 Å². The molecule has 0 saturated carbocycles. The Labute approximate surface area is 372 Å². The van der Waals surface area contributed by atoms with Gasteiger partial charge in [0.2, 0.25) is 0 Å². The van der Waals surface area contributed by atoms with Gasteiger partial charge < -0.3 is 20.8 Å². The van der Waals surface area contributed by atoms with Gasteiger partial charge in [0.1, 0.15) is 24.8 Å². The monoisotopic (exact) mass is 1150 g/mol. The summed E-state index contributed by atoms with van der Waals surface area (Å²) in [7, 11) is 0. The largest absolute Gasteiger partial charge is 0.391 e. The fraction of sp³-hybridized carbons (Fsp3) is 0.297. The van der Waals surface area contributed by atoms with Crippen molar-refractivity contribution in [3.63, 3.8) is 0 Å². The molecule has 4 rings (SSSR count). The summed E-state index contributed by atoms with van der Waals surface area (Å²) in [5.74, 6) is -1.95. The van der Waals surface area contributed by atoms with Crippen LogP contribution in [0.2, 0.25) is 10.0 Å². The van der Waals surface area contributed by atoms with Crippen molar-refractivity contribution in [2.45, 2.75) is 46.3 Å². The molecule has 2 atom stereocenters. The highest BCUT2D eigenvalue weighted by Crippen LogP contribution is 2.33. The molecule has 0 aliphatic heterocycles. The van der Waals surface area contributed by atoms with Gasteiger partial charge in [-0.25, -0.2) is 19.7 Å². The molecular formula is C37H38Br2Cl2F2I2N4O6. The van der Waals surface area contributed by atoms with E-state index in [4.69, 9.17) is 32.9 Å². The van der Waals surface area contributed by atoms with E-state index in [1.807, 2.05) is 39.8 Å². The molecule has 0 heterocycles. The number of hydrogen-bond acceptors (Lipinski definition) is 8. The van der Waals surface area contributed by atoms with E-state index in [9.17, 15) is 28.6 Å². The highest BCUT2D eigenvalue weighted by molar-refractivity contribution is 14.1. The third-order valence-corrected chi connectivity index (χ3v) is 10.6. The Morgan fingerprint density at radius 3 is 1.51 bits per heavy atom. The Hall–Kier alpha value is -1.88. The highest BCUT2D eigenvalue weighted by Gasteiger charge is 2.19. The zero-order chi connectivity index (χ0) is 41.0. The van der Waals surface area contributed by atoms with Crippen molar-refractivity contribution in [3.8, 4) is 0 Å². The average molecular weight is 1160 g/mol. The summed E-state index contributed by atoms with van der Waals surface area (Å²) in [6.07, 6.45) is -0.854. The van der Waals surface area contributed by atoms with Gasteiger partial charge in [-0.3, -0.25) is 19.3 Å². The fourth-order valence-corrected chi connectivity index (χ4v) is 6.95. The molecule has 6 N–H and O–H groups in total. The summed E-state index contributed by atoms with van der Waals surface area (Å²) in [6.45, 7) is 7.52. The van der Waals surface area contributed by atoms with E-state index >= 15 is 0 Å². The van der Waals surface area contributed by atoms with Crippen LogP contribution in [0.3, 0.4) is 0 Å². The highest BCUT2D eigenvalue weighted by atomic mass is 127. The van der Waals surface area contributed by atoms with E-state index in [0.717, 1.165) is 7.14 Å². The Morgan fingerprint density at radius 2 is 1.13 bits per heavy atom. The van der Waals surface area contributed by atoms with Crippen molar-refractivity contribution in [2.75, 3.05) is 23.8 Å². The number of aliphatic hydroxyl groups excluding tert-OH is 2. The molecule has 0 aliphatic carbocycles. The Balaban J connectivity index is 0.000000296. The van der Waals surface area contributed by atoms with Crippen LogP contribution in [0.5, 0.6) is 0 Å². The van der Waals surface area contributed by atoms with Crippen LogP contribution in [0.1, 0.15) is 54.8 Å². The number of anilines is 4. The van der Waals surface area contributed by atoms with Crippen LogP contribution in [0.15, 0.2) is 69.6 Å². The van der Waals surface area contributed by atoms with Gasteiger partial charge in [0.25, 0.3) is 11.8 Å². The number of nitrogens with one attached hydrogen (secondary N) is 4. The van der Waals surface area contributed by atoms with Crippen LogP contribution < -0.4 is 21.6 Å². The van der Waals surface area contributed by atoms with Gasteiger partial charge in [0, 0.05) is 7.14 Å². The molecule has 0 aromatic heterocycles. The van der Waals surface area contributed by atoms with E-state index in [2.05, 4.69) is 98.6 Å². The van der Waals surface area contributed by atoms with Crippen molar-refractivity contribution < 1.29 is 38.3 Å². The van der Waals surface area contributed by atoms with Crippen LogP contribution in [0, 0.1) is 30.6 Å². The summed E-state index contributed by atoms with van der Waals surface area (Å²) in [4.78, 5) is 35.2. The number of aliphatic hydroxyl groups is 2. The lowest BCUT2D eigenvalue weighted by molar-refractivity contribution is -0.0268. The molecule has 4 aromatic carbocycles. The van der Waals surface area contributed by atoms with Crippen molar-refractivity contribution >= 4 is 135 Å². The van der Waals surface area contributed by atoms with Crippen molar-refractivity contribution in [1.82, 2.24) is 11.0 Å². The molecule has 18 heteroatoms. The molecule has 298 valence electrons. The molecule has 4 aromatic rings. The number of benzene rings is 4. The minimum atomic E-state index is -0.714. The lowest BCUT2D eigenvalue weighted by Crippen LogP contribution is -2.31. The minimum absolute atomic E-state index is 0.0119. The Kier molecular flexibility index (Phi) is 19.8. The van der Waals surface area contributed by atoms with Crippen LogP contribution in [-0.2, 0) is 9.68 Å². The van der Waals surface area contributed by atoms with Crippen molar-refractivity contribution in [1.29, 1.82) is 0 Å². The normalized spacial score (nSPS) is 12.1. The van der Waals surface area contributed by atoms with Crippen molar-refractivity contribution in [2.24, 2.45) is 11.8 Å². The van der Waals surface area contributed by atoms with E-state index in [1.54, 1.807) is 24.3 Å². The number of hydroxylamine groups is 2. The second kappa shape index (κ2) is 22.9. The number of amides is 2. The van der Waals surface area contributed by atoms with Crippen LogP contribution in [0.4, 0.5) is 31.5 Å². The minimum Gasteiger partial charge on any atom is -0.391 e. The molecule has 0 saturated heterocycles. The lowest BCUT2D eigenvalue weighted by atomic mass is 10.1. The van der Waals surface area contributed by atoms with E-state index in [0.29, 0.717) is 33.8 Å². The molecule has 0 fully saturated rings. The first-order valence-electron chi connectivity index (χ1n) is 16.5. The predicted octanol–water partition coefficient (Wildman–Crippen LogP) is 10.9. The van der Waals surface area contributed by atoms with E-state index < -0.39 is 35.7 Å². The zero-order valence-electron chi connectivity index (χ0n) is 29.8. The molecule has 10 nitrogen and oxygen atoms in total. The maximum Gasteiger partial charge on any atom is 0.276 e. The second-order valence-electron chi connectivity index (χ2n) is 12.7. The summed E-state index contributed by atoms with van der Waals surface area (Å²) in [6, 6.07) is 15.7. The van der Waals surface area contributed by atoms with Crippen LogP contribution in [-0.4, -0.2) is 47.4 Å². The zero-order valence-corrected chi connectivity index (χ0v) is 38.8. The molecule has 55 heavy (non-hydrogen) atoms. The summed E-state index contributed by atoms with van der Waals surface area (Å²) >= 11 is 22.8. The lowest BCUT2D eigenvalue weighted by Gasteiger charge is -2.16.